The van der Waals surface area contributed by atoms with Gasteiger partial charge < -0.3 is 15.2 Å². The molecule has 4 nitrogen and oxygen atoms in total. The molecule has 14 heavy (non-hydrogen) atoms. The van der Waals surface area contributed by atoms with Gasteiger partial charge in [0.25, 0.3) is 0 Å². The van der Waals surface area contributed by atoms with Gasteiger partial charge >= 0.3 is 5.97 Å². The van der Waals surface area contributed by atoms with Gasteiger partial charge in [0, 0.05) is 13.2 Å². The van der Waals surface area contributed by atoms with Crippen molar-refractivity contribution in [1.82, 2.24) is 5.32 Å². The lowest BCUT2D eigenvalue weighted by atomic mass is 9.93. The van der Waals surface area contributed by atoms with Crippen LogP contribution in [0.4, 0.5) is 0 Å². The predicted molar refractivity (Wildman–Crippen MR) is 55.4 cm³/mol. The molecule has 0 radical (unpaired) electrons. The summed E-state index contributed by atoms with van der Waals surface area (Å²) in [6.07, 6.45) is 0.796. The normalized spacial score (nSPS) is 17.4. The Bertz CT molecular complexity index is 173. The minimum absolute atomic E-state index is 0.0480. The fraction of sp³-hybridized carbons (Fsp3) is 0.900. The van der Waals surface area contributed by atoms with Crippen molar-refractivity contribution in [3.63, 3.8) is 0 Å². The molecule has 2 N–H and O–H groups in total. The number of aliphatic carboxylic acids is 1. The predicted octanol–water partition coefficient (Wildman–Crippen LogP) is 1.11. The van der Waals surface area contributed by atoms with Crippen LogP contribution < -0.4 is 5.32 Å². The molecule has 0 aliphatic heterocycles. The minimum atomic E-state index is -0.819. The zero-order valence-corrected chi connectivity index (χ0v) is 9.41. The second-order valence-electron chi connectivity index (χ2n) is 3.57. The maximum Gasteiger partial charge on any atom is 0.306 e. The summed E-state index contributed by atoms with van der Waals surface area (Å²) in [6.45, 7) is 4.18. The molecule has 3 unspecified atom stereocenters. The van der Waals surface area contributed by atoms with Crippen molar-refractivity contribution in [1.29, 1.82) is 0 Å². The monoisotopic (exact) mass is 203 g/mol. The largest absolute Gasteiger partial charge is 0.481 e. The topological polar surface area (TPSA) is 58.6 Å². The lowest BCUT2D eigenvalue weighted by Gasteiger charge is -2.29. The second kappa shape index (κ2) is 6.79. The molecule has 84 valence electrons. The number of carboxylic acids is 1. The van der Waals surface area contributed by atoms with Gasteiger partial charge in [-0.2, -0.15) is 0 Å². The molecule has 3 atom stereocenters. The number of nitrogens with one attached hydrogen (secondary N) is 1. The Balaban J connectivity index is 4.35. The fourth-order valence-corrected chi connectivity index (χ4v) is 1.62. The second-order valence-corrected chi connectivity index (χ2v) is 3.57. The third kappa shape index (κ3) is 4.07. The highest BCUT2D eigenvalue weighted by molar-refractivity contribution is 5.67. The molecule has 0 aliphatic rings. The molecule has 0 bridgehead atoms. The Morgan fingerprint density at radius 2 is 2.14 bits per heavy atom. The zero-order valence-electron chi connectivity index (χ0n) is 9.41. The molecule has 4 heteroatoms. The molecule has 0 aromatic carbocycles. The molecular formula is C10H21NO3. The summed E-state index contributed by atoms with van der Waals surface area (Å²) in [5.41, 5.74) is 0. The molecular weight excluding hydrogens is 182 g/mol. The number of hydrogen-bond acceptors (Lipinski definition) is 3. The quantitative estimate of drug-likeness (QED) is 0.650. The van der Waals surface area contributed by atoms with Crippen molar-refractivity contribution >= 4 is 5.97 Å². The molecule has 0 aliphatic carbocycles. The summed E-state index contributed by atoms with van der Waals surface area (Å²) in [6, 6.07) is 0.0982. The number of methoxy groups -OCH3 is 1. The van der Waals surface area contributed by atoms with Gasteiger partial charge in [-0.3, -0.25) is 4.79 Å². The van der Waals surface area contributed by atoms with Crippen LogP contribution in [0.5, 0.6) is 0 Å². The van der Waals surface area contributed by atoms with Gasteiger partial charge in [0.05, 0.1) is 12.5 Å². The van der Waals surface area contributed by atoms with Crippen molar-refractivity contribution < 1.29 is 14.6 Å². The highest BCUT2D eigenvalue weighted by Gasteiger charge is 2.26. The van der Waals surface area contributed by atoms with Gasteiger partial charge in [0.1, 0.15) is 0 Å². The number of carboxylic acid groups (broad SMARTS) is 1. The molecule has 0 saturated carbocycles. The van der Waals surface area contributed by atoms with E-state index < -0.39 is 5.97 Å². The van der Waals surface area contributed by atoms with Gasteiger partial charge in [0.2, 0.25) is 0 Å². The van der Waals surface area contributed by atoms with Gasteiger partial charge in [0.15, 0.2) is 0 Å². The van der Waals surface area contributed by atoms with Crippen molar-refractivity contribution in [3.8, 4) is 0 Å². The standard InChI is InChI=1S/C10H21NO3/c1-5-7(2)10(11-3)8(14-4)6-9(12)13/h7-8,10-11H,5-6H2,1-4H3,(H,12,13). The van der Waals surface area contributed by atoms with Crippen molar-refractivity contribution in [2.45, 2.75) is 38.8 Å². The zero-order chi connectivity index (χ0) is 11.1. The van der Waals surface area contributed by atoms with E-state index in [1.165, 1.54) is 0 Å². The van der Waals surface area contributed by atoms with Gasteiger partial charge in [-0.1, -0.05) is 20.3 Å². The lowest BCUT2D eigenvalue weighted by Crippen LogP contribution is -2.44. The molecule has 0 saturated heterocycles. The van der Waals surface area contributed by atoms with E-state index in [4.69, 9.17) is 9.84 Å². The third-order valence-electron chi connectivity index (χ3n) is 2.67. The summed E-state index contributed by atoms with van der Waals surface area (Å²) >= 11 is 0. The maximum absolute atomic E-state index is 10.6. The van der Waals surface area contributed by atoms with Crippen molar-refractivity contribution in [3.05, 3.63) is 0 Å². The highest BCUT2D eigenvalue weighted by Crippen LogP contribution is 2.15. The van der Waals surface area contributed by atoms with E-state index in [1.54, 1.807) is 7.11 Å². The summed E-state index contributed by atoms with van der Waals surface area (Å²) in [5.74, 6) is -0.412. The Hall–Kier alpha value is -0.610. The highest BCUT2D eigenvalue weighted by atomic mass is 16.5. The van der Waals surface area contributed by atoms with E-state index in [0.29, 0.717) is 5.92 Å². The molecule has 0 aromatic heterocycles. The first-order chi connectivity index (χ1) is 6.56. The van der Waals surface area contributed by atoms with Gasteiger partial charge in [-0.25, -0.2) is 0 Å². The van der Waals surface area contributed by atoms with E-state index in [1.807, 2.05) is 7.05 Å². The molecule has 0 aromatic rings. The minimum Gasteiger partial charge on any atom is -0.481 e. The van der Waals surface area contributed by atoms with E-state index in [0.717, 1.165) is 6.42 Å². The lowest BCUT2D eigenvalue weighted by molar-refractivity contribution is -0.140. The first kappa shape index (κ1) is 13.4. The van der Waals surface area contributed by atoms with Crippen LogP contribution in [0.2, 0.25) is 0 Å². The SMILES string of the molecule is CCC(C)C(NC)C(CC(=O)O)OC. The van der Waals surface area contributed by atoms with E-state index in [2.05, 4.69) is 19.2 Å². The van der Waals surface area contributed by atoms with Crippen LogP contribution >= 0.6 is 0 Å². The number of hydrogen-bond donors (Lipinski definition) is 2. The average molecular weight is 203 g/mol. The summed E-state index contributed by atoms with van der Waals surface area (Å²) in [4.78, 5) is 10.6. The summed E-state index contributed by atoms with van der Waals surface area (Å²) in [5, 5.41) is 11.8. The van der Waals surface area contributed by atoms with E-state index >= 15 is 0 Å². The fourth-order valence-electron chi connectivity index (χ4n) is 1.62. The first-order valence-electron chi connectivity index (χ1n) is 4.98. The average Bonchev–Trinajstić information content (AvgIpc) is 2.16. The number of likely N-dealkylation sites (N-methyl/N-ethyl adjacent to an activating group) is 1. The Labute approximate surface area is 85.6 Å². The molecule has 0 spiro atoms. The van der Waals surface area contributed by atoms with Crippen molar-refractivity contribution in [2.75, 3.05) is 14.2 Å². The molecule has 0 fully saturated rings. The molecule has 0 amide bonds. The van der Waals surface area contributed by atoms with Crippen molar-refractivity contribution in [2.24, 2.45) is 5.92 Å². The van der Waals surface area contributed by atoms with Crippen LogP contribution in [0, 0.1) is 5.92 Å². The van der Waals surface area contributed by atoms with Crippen LogP contribution in [-0.4, -0.2) is 37.4 Å². The first-order valence-corrected chi connectivity index (χ1v) is 4.98. The van der Waals surface area contributed by atoms with Crippen LogP contribution in [0.3, 0.4) is 0 Å². The number of ether oxygens (including phenoxy) is 1. The Morgan fingerprint density at radius 1 is 1.57 bits per heavy atom. The van der Waals surface area contributed by atoms with E-state index in [-0.39, 0.29) is 18.6 Å². The van der Waals surface area contributed by atoms with Crippen LogP contribution in [0.25, 0.3) is 0 Å². The number of carbonyl (C=O) groups is 1. The van der Waals surface area contributed by atoms with Crippen LogP contribution in [0.15, 0.2) is 0 Å². The Morgan fingerprint density at radius 3 is 2.43 bits per heavy atom. The summed E-state index contributed by atoms with van der Waals surface area (Å²) in [7, 11) is 3.39. The van der Waals surface area contributed by atoms with Crippen LogP contribution in [-0.2, 0) is 9.53 Å². The van der Waals surface area contributed by atoms with Gasteiger partial charge in [-0.15, -0.1) is 0 Å². The third-order valence-corrected chi connectivity index (χ3v) is 2.67. The van der Waals surface area contributed by atoms with E-state index in [9.17, 15) is 4.79 Å². The molecule has 0 heterocycles. The van der Waals surface area contributed by atoms with Crippen LogP contribution in [0.1, 0.15) is 26.7 Å². The van der Waals surface area contributed by atoms with Gasteiger partial charge in [-0.05, 0) is 13.0 Å². The number of rotatable bonds is 7. The molecule has 0 rings (SSSR count). The summed E-state index contributed by atoms with van der Waals surface area (Å²) < 4.78 is 5.19. The Kier molecular flexibility index (Phi) is 6.49. The maximum atomic E-state index is 10.6. The smallest absolute Gasteiger partial charge is 0.306 e.